The van der Waals surface area contributed by atoms with Gasteiger partial charge in [-0.15, -0.1) is 11.3 Å². The molecular weight excluding hydrogens is 246 g/mol. The number of aromatic nitrogens is 1. The molecule has 2 unspecified atom stereocenters. The topological polar surface area (TPSA) is 54.0 Å². The van der Waals surface area contributed by atoms with Crippen LogP contribution < -0.4 is 10.6 Å². The standard InChI is InChI=1S/C13H19N3OS/c1-8-6-14-5-4-10(8)12(17)16-13-15-11(7-18-13)9-2-3-9/h7-10,14H,2-6H2,1H3,(H,15,16,17). The monoisotopic (exact) mass is 265 g/mol. The number of carbonyl (C=O) groups excluding carboxylic acids is 1. The van der Waals surface area contributed by atoms with Crippen LogP contribution in [0.25, 0.3) is 0 Å². The fourth-order valence-electron chi connectivity index (χ4n) is 2.51. The molecule has 1 saturated carbocycles. The molecule has 1 amide bonds. The highest BCUT2D eigenvalue weighted by Crippen LogP contribution is 2.41. The lowest BCUT2D eigenvalue weighted by atomic mass is 9.87. The van der Waals surface area contributed by atoms with E-state index >= 15 is 0 Å². The van der Waals surface area contributed by atoms with Crippen molar-refractivity contribution >= 4 is 22.4 Å². The van der Waals surface area contributed by atoms with E-state index in [-0.39, 0.29) is 11.8 Å². The number of anilines is 1. The van der Waals surface area contributed by atoms with Crippen molar-refractivity contribution in [2.75, 3.05) is 18.4 Å². The Balaban J connectivity index is 1.61. The number of nitrogens with one attached hydrogen (secondary N) is 2. The van der Waals surface area contributed by atoms with Gasteiger partial charge in [0.15, 0.2) is 5.13 Å². The fraction of sp³-hybridized carbons (Fsp3) is 0.692. The van der Waals surface area contributed by atoms with E-state index in [1.165, 1.54) is 12.8 Å². The molecule has 2 fully saturated rings. The van der Waals surface area contributed by atoms with Gasteiger partial charge in [-0.2, -0.15) is 0 Å². The Morgan fingerprint density at radius 1 is 1.50 bits per heavy atom. The summed E-state index contributed by atoms with van der Waals surface area (Å²) in [4.78, 5) is 16.7. The van der Waals surface area contributed by atoms with Gasteiger partial charge >= 0.3 is 0 Å². The van der Waals surface area contributed by atoms with Gasteiger partial charge in [0.2, 0.25) is 5.91 Å². The van der Waals surface area contributed by atoms with E-state index in [9.17, 15) is 4.79 Å². The molecule has 1 aliphatic carbocycles. The molecule has 2 N–H and O–H groups in total. The number of rotatable bonds is 3. The highest BCUT2D eigenvalue weighted by atomic mass is 32.1. The summed E-state index contributed by atoms with van der Waals surface area (Å²) < 4.78 is 0. The first-order valence-corrected chi connectivity index (χ1v) is 7.59. The van der Waals surface area contributed by atoms with Crippen LogP contribution >= 0.6 is 11.3 Å². The SMILES string of the molecule is CC1CNCCC1C(=O)Nc1nc(C2CC2)cs1. The van der Waals surface area contributed by atoms with Gasteiger partial charge in [-0.05, 0) is 38.3 Å². The molecule has 2 heterocycles. The molecule has 5 heteroatoms. The Bertz CT molecular complexity index is 441. The first-order valence-electron chi connectivity index (χ1n) is 6.71. The Kier molecular flexibility index (Phi) is 3.35. The van der Waals surface area contributed by atoms with Gasteiger partial charge in [0.05, 0.1) is 5.69 Å². The summed E-state index contributed by atoms with van der Waals surface area (Å²) in [5, 5.41) is 9.16. The van der Waals surface area contributed by atoms with Crippen LogP contribution in [0.4, 0.5) is 5.13 Å². The maximum Gasteiger partial charge on any atom is 0.229 e. The van der Waals surface area contributed by atoms with Crippen molar-refractivity contribution in [3.05, 3.63) is 11.1 Å². The molecule has 4 nitrogen and oxygen atoms in total. The second kappa shape index (κ2) is 4.97. The number of nitrogens with zero attached hydrogens (tertiary/aromatic N) is 1. The van der Waals surface area contributed by atoms with Gasteiger partial charge in [0.1, 0.15) is 0 Å². The van der Waals surface area contributed by atoms with Crippen molar-refractivity contribution in [3.63, 3.8) is 0 Å². The summed E-state index contributed by atoms with van der Waals surface area (Å²) >= 11 is 1.55. The van der Waals surface area contributed by atoms with Crippen LogP contribution in [0.3, 0.4) is 0 Å². The maximum atomic E-state index is 12.2. The average Bonchev–Trinajstić information content (AvgIpc) is 3.11. The lowest BCUT2D eigenvalue weighted by molar-refractivity contribution is -0.122. The van der Waals surface area contributed by atoms with E-state index in [4.69, 9.17) is 0 Å². The largest absolute Gasteiger partial charge is 0.316 e. The van der Waals surface area contributed by atoms with Crippen molar-refractivity contribution in [3.8, 4) is 0 Å². The minimum absolute atomic E-state index is 0.125. The van der Waals surface area contributed by atoms with Gasteiger partial charge in [0.25, 0.3) is 0 Å². The van der Waals surface area contributed by atoms with Crippen molar-refractivity contribution in [2.24, 2.45) is 11.8 Å². The number of thiazole rings is 1. The molecule has 1 aliphatic heterocycles. The van der Waals surface area contributed by atoms with Gasteiger partial charge < -0.3 is 10.6 Å². The average molecular weight is 265 g/mol. The molecule has 0 spiro atoms. The van der Waals surface area contributed by atoms with Crippen LogP contribution in [0.5, 0.6) is 0 Å². The molecule has 98 valence electrons. The van der Waals surface area contributed by atoms with E-state index in [0.717, 1.165) is 30.3 Å². The Hall–Kier alpha value is -0.940. The highest BCUT2D eigenvalue weighted by molar-refractivity contribution is 7.13. The first kappa shape index (κ1) is 12.1. The molecule has 0 radical (unpaired) electrons. The summed E-state index contributed by atoms with van der Waals surface area (Å²) in [6, 6.07) is 0. The summed E-state index contributed by atoms with van der Waals surface area (Å²) in [5.41, 5.74) is 1.16. The van der Waals surface area contributed by atoms with Gasteiger partial charge in [-0.1, -0.05) is 6.92 Å². The number of hydrogen-bond acceptors (Lipinski definition) is 4. The van der Waals surface area contributed by atoms with E-state index < -0.39 is 0 Å². The van der Waals surface area contributed by atoms with E-state index in [1.54, 1.807) is 11.3 Å². The summed E-state index contributed by atoms with van der Waals surface area (Å²) in [5.74, 6) is 1.33. The molecule has 2 atom stereocenters. The minimum atomic E-state index is 0.125. The molecule has 1 aromatic heterocycles. The molecule has 0 bridgehead atoms. The van der Waals surface area contributed by atoms with Crippen molar-refractivity contribution < 1.29 is 4.79 Å². The van der Waals surface area contributed by atoms with Crippen LogP contribution in [-0.2, 0) is 4.79 Å². The molecule has 18 heavy (non-hydrogen) atoms. The van der Waals surface area contributed by atoms with E-state index in [2.05, 4.69) is 27.9 Å². The number of hydrogen-bond donors (Lipinski definition) is 2. The number of amides is 1. The van der Waals surface area contributed by atoms with E-state index in [0.29, 0.717) is 11.8 Å². The van der Waals surface area contributed by atoms with Crippen LogP contribution in [0.1, 0.15) is 37.8 Å². The van der Waals surface area contributed by atoms with Crippen LogP contribution in [0.2, 0.25) is 0 Å². The molecule has 0 aromatic carbocycles. The second-order valence-corrected chi connectivity index (χ2v) is 6.28. The summed E-state index contributed by atoms with van der Waals surface area (Å²) in [6.07, 6.45) is 3.43. The molecule has 3 rings (SSSR count). The Morgan fingerprint density at radius 2 is 2.33 bits per heavy atom. The lowest BCUT2D eigenvalue weighted by Crippen LogP contribution is -2.40. The first-order chi connectivity index (χ1) is 8.74. The number of carbonyl (C=O) groups is 1. The predicted molar refractivity (Wildman–Crippen MR) is 72.9 cm³/mol. The second-order valence-electron chi connectivity index (χ2n) is 5.42. The van der Waals surface area contributed by atoms with Gasteiger partial charge in [-0.25, -0.2) is 4.98 Å². The van der Waals surface area contributed by atoms with E-state index in [1.807, 2.05) is 0 Å². The van der Waals surface area contributed by atoms with Crippen molar-refractivity contribution in [1.82, 2.24) is 10.3 Å². The molecule has 1 saturated heterocycles. The quantitative estimate of drug-likeness (QED) is 0.881. The fourth-order valence-corrected chi connectivity index (χ4v) is 3.31. The lowest BCUT2D eigenvalue weighted by Gasteiger charge is -2.27. The molecule has 1 aromatic rings. The third-order valence-electron chi connectivity index (χ3n) is 3.87. The highest BCUT2D eigenvalue weighted by Gasteiger charge is 2.29. The predicted octanol–water partition coefficient (Wildman–Crippen LogP) is 2.20. The summed E-state index contributed by atoms with van der Waals surface area (Å²) in [6.45, 7) is 4.00. The van der Waals surface area contributed by atoms with Crippen LogP contribution in [-0.4, -0.2) is 24.0 Å². The zero-order valence-corrected chi connectivity index (χ0v) is 11.4. The molecular formula is C13H19N3OS. The zero-order chi connectivity index (χ0) is 12.5. The summed E-state index contributed by atoms with van der Waals surface area (Å²) in [7, 11) is 0. The Morgan fingerprint density at radius 3 is 3.06 bits per heavy atom. The maximum absolute atomic E-state index is 12.2. The van der Waals surface area contributed by atoms with Gasteiger partial charge in [-0.3, -0.25) is 4.79 Å². The Labute approximate surface area is 111 Å². The zero-order valence-electron chi connectivity index (χ0n) is 10.6. The van der Waals surface area contributed by atoms with Crippen LogP contribution in [0.15, 0.2) is 5.38 Å². The minimum Gasteiger partial charge on any atom is -0.316 e. The third kappa shape index (κ3) is 2.57. The number of piperidine rings is 1. The smallest absolute Gasteiger partial charge is 0.229 e. The van der Waals surface area contributed by atoms with Crippen molar-refractivity contribution in [2.45, 2.75) is 32.1 Å². The van der Waals surface area contributed by atoms with Gasteiger partial charge in [0, 0.05) is 17.2 Å². The van der Waals surface area contributed by atoms with Crippen molar-refractivity contribution in [1.29, 1.82) is 0 Å². The third-order valence-corrected chi connectivity index (χ3v) is 4.65. The molecule has 2 aliphatic rings. The van der Waals surface area contributed by atoms with Crippen LogP contribution in [0, 0.1) is 11.8 Å². The normalized spacial score (nSPS) is 28.1.